The van der Waals surface area contributed by atoms with Crippen molar-refractivity contribution < 1.29 is 9.66 Å². The summed E-state index contributed by atoms with van der Waals surface area (Å²) < 4.78 is 5.87. The summed E-state index contributed by atoms with van der Waals surface area (Å²) in [6, 6.07) is 7.60. The first-order valence-corrected chi connectivity index (χ1v) is 6.16. The monoisotopic (exact) mass is 334 g/mol. The molecule has 0 radical (unpaired) electrons. The molecule has 1 aromatic carbocycles. The van der Waals surface area contributed by atoms with Crippen molar-refractivity contribution in [2.45, 2.75) is 6.92 Å². The molecule has 0 aliphatic heterocycles. The predicted octanol–water partition coefficient (Wildman–Crippen LogP) is 3.12. The highest BCUT2D eigenvalue weighted by atomic mass is 79.9. The Morgan fingerprint density at radius 1 is 1.40 bits per heavy atom. The van der Waals surface area contributed by atoms with Crippen LogP contribution in [-0.2, 0) is 0 Å². The quantitative estimate of drug-likeness (QED) is 0.631. The van der Waals surface area contributed by atoms with Crippen molar-refractivity contribution in [3.63, 3.8) is 0 Å². The molecule has 7 nitrogen and oxygen atoms in total. The number of benzene rings is 1. The topological polar surface area (TPSA) is 102 Å². The first-order chi connectivity index (χ1) is 9.49. The fourth-order valence-corrected chi connectivity index (χ4v) is 1.81. The van der Waals surface area contributed by atoms with Crippen molar-refractivity contribution in [3.05, 3.63) is 50.2 Å². The highest BCUT2D eigenvalue weighted by Crippen LogP contribution is 2.32. The van der Waals surface area contributed by atoms with Crippen molar-refractivity contribution in [1.82, 2.24) is 9.97 Å². The van der Waals surface area contributed by atoms with Crippen LogP contribution in [0.5, 0.6) is 11.8 Å². The number of hydrogen-bond acceptors (Lipinski definition) is 6. The molecule has 0 fully saturated rings. The first kappa shape index (κ1) is 13.9. The highest BCUT2D eigenvalue weighted by molar-refractivity contribution is 9.10. The number of aromatic nitrogens is 2. The van der Waals surface area contributed by atoms with Crippen LogP contribution in [0, 0.1) is 28.4 Å². The maximum Gasteiger partial charge on any atom is 0.323 e. The second-order valence-corrected chi connectivity index (χ2v) is 4.68. The molecule has 0 aliphatic carbocycles. The van der Waals surface area contributed by atoms with Crippen molar-refractivity contribution in [2.24, 2.45) is 0 Å². The average molecular weight is 335 g/mol. The Bertz CT molecular complexity index is 727. The van der Waals surface area contributed by atoms with Crippen LogP contribution < -0.4 is 4.74 Å². The molecule has 100 valence electrons. The van der Waals surface area contributed by atoms with E-state index in [1.54, 1.807) is 13.0 Å². The van der Waals surface area contributed by atoms with E-state index in [0.717, 1.165) is 0 Å². The van der Waals surface area contributed by atoms with Crippen LogP contribution in [0.1, 0.15) is 11.4 Å². The van der Waals surface area contributed by atoms with E-state index in [-0.39, 0.29) is 23.1 Å². The van der Waals surface area contributed by atoms with Gasteiger partial charge >= 0.3 is 11.7 Å². The van der Waals surface area contributed by atoms with Crippen molar-refractivity contribution in [2.75, 3.05) is 0 Å². The zero-order chi connectivity index (χ0) is 14.7. The van der Waals surface area contributed by atoms with Crippen LogP contribution in [0.3, 0.4) is 0 Å². The average Bonchev–Trinajstić information content (AvgIpc) is 2.40. The van der Waals surface area contributed by atoms with Crippen LogP contribution in [0.25, 0.3) is 0 Å². The zero-order valence-electron chi connectivity index (χ0n) is 10.2. The van der Waals surface area contributed by atoms with E-state index in [4.69, 9.17) is 10.00 Å². The SMILES string of the molecule is Cc1cc(C#N)nc(Oc2ccc(Br)cc2[N+](=O)[O-])n1. The lowest BCUT2D eigenvalue weighted by molar-refractivity contribution is -0.385. The van der Waals surface area contributed by atoms with Gasteiger partial charge < -0.3 is 4.74 Å². The maximum absolute atomic E-state index is 11.0. The van der Waals surface area contributed by atoms with E-state index >= 15 is 0 Å². The van der Waals surface area contributed by atoms with Gasteiger partial charge in [0.1, 0.15) is 11.8 Å². The largest absolute Gasteiger partial charge is 0.417 e. The van der Waals surface area contributed by atoms with E-state index in [1.165, 1.54) is 18.2 Å². The van der Waals surface area contributed by atoms with Crippen LogP contribution >= 0.6 is 15.9 Å². The van der Waals surface area contributed by atoms with E-state index in [0.29, 0.717) is 10.2 Å². The molecule has 1 aromatic heterocycles. The summed E-state index contributed by atoms with van der Waals surface area (Å²) in [5.41, 5.74) is 0.446. The van der Waals surface area contributed by atoms with Gasteiger partial charge in [-0.1, -0.05) is 15.9 Å². The molecule has 1 heterocycles. The van der Waals surface area contributed by atoms with Gasteiger partial charge in [-0.25, -0.2) is 4.98 Å². The van der Waals surface area contributed by atoms with E-state index in [9.17, 15) is 10.1 Å². The van der Waals surface area contributed by atoms with Gasteiger partial charge in [0.05, 0.1) is 4.92 Å². The van der Waals surface area contributed by atoms with Crippen LogP contribution in [0.4, 0.5) is 5.69 Å². The molecular weight excluding hydrogens is 328 g/mol. The van der Waals surface area contributed by atoms with E-state index < -0.39 is 4.92 Å². The van der Waals surface area contributed by atoms with Crippen molar-refractivity contribution >= 4 is 21.6 Å². The Hall–Kier alpha value is -2.53. The minimum absolute atomic E-state index is 0.00712. The number of ether oxygens (including phenoxy) is 1. The molecule has 0 bridgehead atoms. The molecule has 0 amide bonds. The minimum atomic E-state index is -0.568. The van der Waals surface area contributed by atoms with Gasteiger partial charge in [-0.05, 0) is 25.1 Å². The number of nitrogens with zero attached hydrogens (tertiary/aromatic N) is 4. The van der Waals surface area contributed by atoms with Crippen LogP contribution in [0.15, 0.2) is 28.7 Å². The first-order valence-electron chi connectivity index (χ1n) is 5.37. The third kappa shape index (κ3) is 3.07. The minimum Gasteiger partial charge on any atom is -0.417 e. The molecule has 0 saturated heterocycles. The molecule has 0 spiro atoms. The van der Waals surface area contributed by atoms with Gasteiger partial charge in [0.2, 0.25) is 5.75 Å². The number of hydrogen-bond donors (Lipinski definition) is 0. The summed E-state index contributed by atoms with van der Waals surface area (Å²) in [5, 5.41) is 19.8. The zero-order valence-corrected chi connectivity index (χ0v) is 11.8. The summed E-state index contributed by atoms with van der Waals surface area (Å²) in [5.74, 6) is 0.00712. The second kappa shape index (κ2) is 5.63. The maximum atomic E-state index is 11.0. The number of rotatable bonds is 3. The fraction of sp³-hybridized carbons (Fsp3) is 0.0833. The highest BCUT2D eigenvalue weighted by Gasteiger charge is 2.17. The summed E-state index contributed by atoms with van der Waals surface area (Å²) in [4.78, 5) is 18.2. The Morgan fingerprint density at radius 3 is 2.80 bits per heavy atom. The van der Waals surface area contributed by atoms with Gasteiger partial charge in [-0.2, -0.15) is 10.2 Å². The number of halogens is 1. The molecule has 2 rings (SSSR count). The lowest BCUT2D eigenvalue weighted by Crippen LogP contribution is -1.99. The fourth-order valence-electron chi connectivity index (χ4n) is 1.46. The Balaban J connectivity index is 2.42. The predicted molar refractivity (Wildman–Crippen MR) is 72.4 cm³/mol. The normalized spacial score (nSPS) is 9.85. The van der Waals surface area contributed by atoms with E-state index in [2.05, 4.69) is 25.9 Å². The van der Waals surface area contributed by atoms with Gasteiger partial charge in [-0.3, -0.25) is 10.1 Å². The Labute approximate surface area is 122 Å². The summed E-state index contributed by atoms with van der Waals surface area (Å²) >= 11 is 3.15. The van der Waals surface area contributed by atoms with Crippen molar-refractivity contribution in [1.29, 1.82) is 5.26 Å². The van der Waals surface area contributed by atoms with E-state index in [1.807, 2.05) is 6.07 Å². The molecule has 0 aliphatic rings. The number of aryl methyl sites for hydroxylation is 1. The lowest BCUT2D eigenvalue weighted by atomic mass is 10.3. The second-order valence-electron chi connectivity index (χ2n) is 3.76. The number of nitro groups is 1. The Kier molecular flexibility index (Phi) is 3.91. The molecule has 20 heavy (non-hydrogen) atoms. The van der Waals surface area contributed by atoms with Crippen LogP contribution in [0.2, 0.25) is 0 Å². The molecule has 2 aromatic rings. The lowest BCUT2D eigenvalue weighted by Gasteiger charge is -2.05. The van der Waals surface area contributed by atoms with Gasteiger partial charge in [0, 0.05) is 16.2 Å². The van der Waals surface area contributed by atoms with Gasteiger partial charge in [0.15, 0.2) is 0 Å². The molecule has 0 saturated carbocycles. The third-order valence-corrected chi connectivity index (χ3v) is 2.76. The van der Waals surface area contributed by atoms with Gasteiger partial charge in [-0.15, -0.1) is 0 Å². The standard InChI is InChI=1S/C12H7BrN4O3/c1-7-4-9(6-14)16-12(15-7)20-11-3-2-8(13)5-10(11)17(18)19/h2-5H,1H3. The molecule has 8 heteroatoms. The third-order valence-electron chi connectivity index (χ3n) is 2.27. The van der Waals surface area contributed by atoms with Crippen molar-refractivity contribution in [3.8, 4) is 17.8 Å². The molecular formula is C12H7BrN4O3. The molecule has 0 N–H and O–H groups in total. The molecule has 0 unspecified atom stereocenters. The molecule has 0 atom stereocenters. The summed E-state index contributed by atoms with van der Waals surface area (Å²) in [6.45, 7) is 1.67. The number of nitriles is 1. The number of nitro benzene ring substituents is 1. The Morgan fingerprint density at radius 2 is 2.15 bits per heavy atom. The van der Waals surface area contributed by atoms with Gasteiger partial charge in [0.25, 0.3) is 0 Å². The summed E-state index contributed by atoms with van der Waals surface area (Å²) in [6.07, 6.45) is 0. The smallest absolute Gasteiger partial charge is 0.323 e. The summed E-state index contributed by atoms with van der Waals surface area (Å²) in [7, 11) is 0. The van der Waals surface area contributed by atoms with Crippen LogP contribution in [-0.4, -0.2) is 14.9 Å².